The van der Waals surface area contributed by atoms with Gasteiger partial charge in [0, 0.05) is 16.5 Å². The molecule has 160 valence electrons. The number of anilines is 1. The molecule has 1 heterocycles. The van der Waals surface area contributed by atoms with E-state index < -0.39 is 25.0 Å². The Bertz CT molecular complexity index is 1270. The normalized spacial score (nSPS) is 11.3. The van der Waals surface area contributed by atoms with Gasteiger partial charge < -0.3 is 9.81 Å². The molecular formula is C16H13K2N3O8S3. The first-order valence-electron chi connectivity index (χ1n) is 7.95. The third-order valence-electron chi connectivity index (χ3n) is 3.65. The van der Waals surface area contributed by atoms with Gasteiger partial charge in [0.1, 0.15) is 15.9 Å². The Balaban J connectivity index is 0.00000256. The van der Waals surface area contributed by atoms with Gasteiger partial charge in [0.15, 0.2) is 0 Å². The summed E-state index contributed by atoms with van der Waals surface area (Å²) in [6.45, 7) is 0. The number of nitrogens with zero attached hydrogens (tertiary/aromatic N) is 2. The Morgan fingerprint density at radius 2 is 1.69 bits per heavy atom. The van der Waals surface area contributed by atoms with Gasteiger partial charge in [0.25, 0.3) is 0 Å². The molecule has 0 saturated heterocycles. The molecular weight excluding hydrogens is 537 g/mol. The first kappa shape index (κ1) is 30.8. The third kappa shape index (κ3) is 8.48. The molecule has 0 aliphatic heterocycles. The smallest absolute Gasteiger partial charge is 0.744 e. The SMILES string of the molecule is CS(=O)(=O)Nc1cc(-c2ccccc2)nn1-c1cc(SOO[O-])ccc1S(=O)(=O)[O-].[K+].[K+]. The molecule has 0 fully saturated rings. The van der Waals surface area contributed by atoms with E-state index in [4.69, 9.17) is 0 Å². The molecule has 0 amide bonds. The number of hydrogen-bond donors (Lipinski definition) is 1. The first-order valence-corrected chi connectivity index (χ1v) is 12.0. The molecule has 11 nitrogen and oxygen atoms in total. The summed E-state index contributed by atoms with van der Waals surface area (Å²) >= 11 is 0.459. The van der Waals surface area contributed by atoms with Crippen molar-refractivity contribution in [1.29, 1.82) is 0 Å². The van der Waals surface area contributed by atoms with E-state index in [0.717, 1.165) is 17.0 Å². The molecule has 1 N–H and O–H groups in total. The number of nitrogens with one attached hydrogen (secondary N) is 1. The maximum Gasteiger partial charge on any atom is 1.00 e. The van der Waals surface area contributed by atoms with Crippen molar-refractivity contribution in [2.24, 2.45) is 0 Å². The molecule has 16 heteroatoms. The minimum absolute atomic E-state index is 0. The number of rotatable bonds is 8. The van der Waals surface area contributed by atoms with Crippen molar-refractivity contribution in [3.05, 3.63) is 54.6 Å². The minimum Gasteiger partial charge on any atom is -0.744 e. The fourth-order valence-corrected chi connectivity index (χ4v) is 4.11. The van der Waals surface area contributed by atoms with Crippen LogP contribution in [0.2, 0.25) is 0 Å². The second-order valence-corrected chi connectivity index (χ2v) is 9.74. The van der Waals surface area contributed by atoms with Crippen LogP contribution in [0.25, 0.3) is 16.9 Å². The maximum absolute atomic E-state index is 11.8. The molecule has 0 radical (unpaired) electrons. The Kier molecular flexibility index (Phi) is 12.7. The van der Waals surface area contributed by atoms with Crippen molar-refractivity contribution in [1.82, 2.24) is 9.78 Å². The van der Waals surface area contributed by atoms with Crippen molar-refractivity contribution in [3.8, 4) is 16.9 Å². The molecule has 0 aliphatic rings. The first-order chi connectivity index (χ1) is 14.1. The Morgan fingerprint density at radius 1 is 1.03 bits per heavy atom. The summed E-state index contributed by atoms with van der Waals surface area (Å²) in [6, 6.07) is 13.5. The summed E-state index contributed by atoms with van der Waals surface area (Å²) in [6.07, 6.45) is 0.906. The summed E-state index contributed by atoms with van der Waals surface area (Å²) in [5.74, 6) is -0.107. The maximum atomic E-state index is 11.8. The molecule has 32 heavy (non-hydrogen) atoms. The van der Waals surface area contributed by atoms with Gasteiger partial charge in [-0.05, 0) is 18.2 Å². The van der Waals surface area contributed by atoms with Crippen LogP contribution in [-0.4, -0.2) is 37.4 Å². The molecule has 0 bridgehead atoms. The van der Waals surface area contributed by atoms with Crippen LogP contribution in [0, 0.1) is 0 Å². The van der Waals surface area contributed by atoms with E-state index in [1.165, 1.54) is 18.2 Å². The van der Waals surface area contributed by atoms with Crippen LogP contribution in [0.4, 0.5) is 5.82 Å². The fraction of sp³-hybridized carbons (Fsp3) is 0.0625. The summed E-state index contributed by atoms with van der Waals surface area (Å²) in [4.78, 5) is -0.468. The average Bonchev–Trinajstić information content (AvgIpc) is 3.08. The third-order valence-corrected chi connectivity index (χ3v) is 5.69. The molecule has 0 spiro atoms. The Hall–Kier alpha value is 0.813. The second-order valence-electron chi connectivity index (χ2n) is 5.87. The zero-order valence-corrected chi connectivity index (χ0v) is 25.8. The molecule has 0 aliphatic carbocycles. The van der Waals surface area contributed by atoms with Crippen molar-refractivity contribution >= 4 is 38.0 Å². The van der Waals surface area contributed by atoms with Crippen LogP contribution in [0.1, 0.15) is 0 Å². The zero-order valence-electron chi connectivity index (χ0n) is 17.1. The largest absolute Gasteiger partial charge is 1.00 e. The van der Waals surface area contributed by atoms with Gasteiger partial charge in [-0.25, -0.2) is 21.5 Å². The Labute approximate surface area is 274 Å². The predicted molar refractivity (Wildman–Crippen MR) is 103 cm³/mol. The molecule has 2 aromatic carbocycles. The summed E-state index contributed by atoms with van der Waals surface area (Å²) < 4.78 is 66.4. The number of aromatic nitrogens is 2. The summed E-state index contributed by atoms with van der Waals surface area (Å²) in [5.41, 5.74) is 0.680. The minimum atomic E-state index is -4.97. The average molecular weight is 550 g/mol. The van der Waals surface area contributed by atoms with E-state index in [2.05, 4.69) is 19.2 Å². The number of hydrogen-bond acceptors (Lipinski definition) is 10. The molecule has 1 aromatic heterocycles. The quantitative estimate of drug-likeness (QED) is 0.0947. The van der Waals surface area contributed by atoms with Crippen LogP contribution in [0.5, 0.6) is 0 Å². The van der Waals surface area contributed by atoms with Crippen LogP contribution < -0.4 is 113 Å². The molecule has 3 rings (SSSR count). The van der Waals surface area contributed by atoms with Gasteiger partial charge in [-0.1, -0.05) is 30.3 Å². The van der Waals surface area contributed by atoms with E-state index in [1.54, 1.807) is 30.3 Å². The van der Waals surface area contributed by atoms with Gasteiger partial charge in [0.05, 0.1) is 34.6 Å². The Morgan fingerprint density at radius 3 is 2.25 bits per heavy atom. The van der Waals surface area contributed by atoms with Gasteiger partial charge in [-0.3, -0.25) is 9.76 Å². The number of sulfonamides is 1. The van der Waals surface area contributed by atoms with Crippen molar-refractivity contribution < 1.29 is 139 Å². The molecule has 0 saturated carbocycles. The summed E-state index contributed by atoms with van der Waals surface area (Å²) in [7, 11) is -8.74. The second kappa shape index (κ2) is 13.2. The molecule has 3 aromatic rings. The topological polar surface area (TPSA) is 163 Å². The number of benzene rings is 2. The van der Waals surface area contributed by atoms with E-state index in [0.29, 0.717) is 23.3 Å². The van der Waals surface area contributed by atoms with E-state index in [1.807, 2.05) is 0 Å². The van der Waals surface area contributed by atoms with E-state index in [-0.39, 0.29) is 119 Å². The van der Waals surface area contributed by atoms with Gasteiger partial charge >= 0.3 is 103 Å². The van der Waals surface area contributed by atoms with Crippen LogP contribution in [0.3, 0.4) is 0 Å². The van der Waals surface area contributed by atoms with Crippen molar-refractivity contribution in [3.63, 3.8) is 0 Å². The molecule has 0 unspecified atom stereocenters. The standard InChI is InChI=1S/C16H15N3O8S3.2K/c1-29(21,22)18-16-10-13(11-5-3-2-4-6-11)17-19(16)14-9-12(28-27-26-20)7-8-15(14)30(23,24)25;;/h2-10,18,20H,1H3,(H,23,24,25);;/q;2*+1/p-2. The van der Waals surface area contributed by atoms with Crippen LogP contribution in [0.15, 0.2) is 64.4 Å². The predicted octanol–water partition coefficient (Wildman–Crippen LogP) is -4.95. The van der Waals surface area contributed by atoms with Gasteiger partial charge in [-0.15, -0.1) is 0 Å². The van der Waals surface area contributed by atoms with Crippen LogP contribution in [-0.2, 0) is 29.5 Å². The van der Waals surface area contributed by atoms with Crippen molar-refractivity contribution in [2.45, 2.75) is 9.79 Å². The molecule has 0 atom stereocenters. The van der Waals surface area contributed by atoms with Crippen molar-refractivity contribution in [2.75, 3.05) is 11.0 Å². The van der Waals surface area contributed by atoms with Crippen LogP contribution >= 0.6 is 12.0 Å². The van der Waals surface area contributed by atoms with Gasteiger partial charge in [-0.2, -0.15) is 9.43 Å². The zero-order chi connectivity index (χ0) is 21.9. The van der Waals surface area contributed by atoms with E-state index in [9.17, 15) is 26.6 Å². The fourth-order valence-electron chi connectivity index (χ4n) is 2.56. The van der Waals surface area contributed by atoms with E-state index >= 15 is 0 Å². The van der Waals surface area contributed by atoms with Gasteiger partial charge in [0.2, 0.25) is 10.0 Å². The summed E-state index contributed by atoms with van der Waals surface area (Å²) in [5, 5.41) is 17.6. The monoisotopic (exact) mass is 549 g/mol.